The van der Waals surface area contributed by atoms with Gasteiger partial charge in [0.05, 0.1) is 6.10 Å². The maximum absolute atomic E-state index is 12.7. The number of benzene rings is 2. The monoisotopic (exact) mass is 486 g/mol. The van der Waals surface area contributed by atoms with E-state index < -0.39 is 6.10 Å². The normalized spacial score (nSPS) is 19.0. The van der Waals surface area contributed by atoms with Crippen LogP contribution in [0.1, 0.15) is 34.2 Å². The highest BCUT2D eigenvalue weighted by molar-refractivity contribution is 6.30. The third-order valence-electron chi connectivity index (χ3n) is 6.09. The zero-order valence-electron chi connectivity index (χ0n) is 18.7. The molecule has 5 rings (SSSR count). The average Bonchev–Trinajstić information content (AvgIpc) is 3.47. The van der Waals surface area contributed by atoms with Crippen molar-refractivity contribution in [2.75, 3.05) is 6.54 Å². The standard InChI is InChI=1S/C28H23ClN2O4/c29-20-9-11-24-22(14-20)23(28(34)31-24)15-21-10-12-26(35-21)18-7-4-8-19(13-18)27(33)30-16-25(32)17-5-2-1-3-6-17/h1-13,15,22,25,32H,14,16H2,(H,30,33)(H,31,34)/b23-15+. The second-order valence-corrected chi connectivity index (χ2v) is 8.95. The topological polar surface area (TPSA) is 91.6 Å². The van der Waals surface area contributed by atoms with Crippen molar-refractivity contribution in [3.63, 3.8) is 0 Å². The Morgan fingerprint density at radius 2 is 1.97 bits per heavy atom. The van der Waals surface area contributed by atoms with Crippen molar-refractivity contribution in [1.82, 2.24) is 10.6 Å². The molecule has 1 fully saturated rings. The van der Waals surface area contributed by atoms with Gasteiger partial charge in [-0.25, -0.2) is 0 Å². The Kier molecular flexibility index (Phi) is 6.40. The molecule has 0 radical (unpaired) electrons. The SMILES string of the molecule is O=C1NC2=CC=C(Cl)CC2/C1=C\c1ccc(-c2cccc(C(=O)NCC(O)c3ccccc3)c2)o1. The Bertz CT molecular complexity index is 1370. The molecule has 3 N–H and O–H groups in total. The van der Waals surface area contributed by atoms with Gasteiger partial charge in [0.25, 0.3) is 11.8 Å². The summed E-state index contributed by atoms with van der Waals surface area (Å²) in [5, 5.41) is 16.7. The van der Waals surface area contributed by atoms with Crippen LogP contribution in [0.3, 0.4) is 0 Å². The van der Waals surface area contributed by atoms with Crippen molar-refractivity contribution in [1.29, 1.82) is 0 Å². The first-order chi connectivity index (χ1) is 17.0. The smallest absolute Gasteiger partial charge is 0.252 e. The number of allylic oxidation sites excluding steroid dienone is 4. The highest BCUT2D eigenvalue weighted by Gasteiger charge is 2.34. The second kappa shape index (κ2) is 9.78. The molecule has 2 atom stereocenters. The molecule has 2 unspecified atom stereocenters. The first-order valence-electron chi connectivity index (χ1n) is 11.3. The van der Waals surface area contributed by atoms with Crippen molar-refractivity contribution in [3.05, 3.63) is 112 Å². The Hall–Kier alpha value is -3.87. The summed E-state index contributed by atoms with van der Waals surface area (Å²) in [6, 6.07) is 19.8. The number of halogens is 1. The third kappa shape index (κ3) is 4.99. The molecule has 0 saturated carbocycles. The van der Waals surface area contributed by atoms with Crippen LogP contribution < -0.4 is 10.6 Å². The number of amides is 2. The molecule has 2 aromatic carbocycles. The van der Waals surface area contributed by atoms with Crippen LogP contribution >= 0.6 is 11.6 Å². The van der Waals surface area contributed by atoms with Crippen LogP contribution in [0.4, 0.5) is 0 Å². The van der Waals surface area contributed by atoms with Gasteiger partial charge in [0.1, 0.15) is 11.5 Å². The molecule has 35 heavy (non-hydrogen) atoms. The summed E-state index contributed by atoms with van der Waals surface area (Å²) in [6.45, 7) is 0.102. The van der Waals surface area contributed by atoms with E-state index in [1.165, 1.54) is 0 Å². The van der Waals surface area contributed by atoms with Gasteiger partial charge in [-0.3, -0.25) is 9.59 Å². The summed E-state index contributed by atoms with van der Waals surface area (Å²) in [5.74, 6) is 0.562. The highest BCUT2D eigenvalue weighted by Crippen LogP contribution is 2.37. The summed E-state index contributed by atoms with van der Waals surface area (Å²) in [7, 11) is 0. The average molecular weight is 487 g/mol. The zero-order chi connectivity index (χ0) is 24.4. The van der Waals surface area contributed by atoms with E-state index in [0.717, 1.165) is 16.8 Å². The molecular formula is C28H23ClN2O4. The lowest BCUT2D eigenvalue weighted by molar-refractivity contribution is -0.115. The van der Waals surface area contributed by atoms with Gasteiger partial charge in [-0.1, -0.05) is 54.1 Å². The first kappa shape index (κ1) is 22.9. The predicted molar refractivity (Wildman–Crippen MR) is 134 cm³/mol. The molecule has 176 valence electrons. The molecular weight excluding hydrogens is 464 g/mol. The van der Waals surface area contributed by atoms with Crippen LogP contribution in [0.15, 0.2) is 99.6 Å². The van der Waals surface area contributed by atoms with Crippen LogP contribution in [0.5, 0.6) is 0 Å². The molecule has 3 aromatic rings. The molecule has 1 aromatic heterocycles. The van der Waals surface area contributed by atoms with E-state index in [2.05, 4.69) is 10.6 Å². The summed E-state index contributed by atoms with van der Waals surface area (Å²) in [4.78, 5) is 25.1. The van der Waals surface area contributed by atoms with Crippen LogP contribution in [-0.4, -0.2) is 23.5 Å². The van der Waals surface area contributed by atoms with Gasteiger partial charge in [-0.2, -0.15) is 0 Å². The molecule has 1 aliphatic heterocycles. The Balaban J connectivity index is 1.29. The largest absolute Gasteiger partial charge is 0.457 e. The molecule has 2 aliphatic rings. The van der Waals surface area contributed by atoms with E-state index in [9.17, 15) is 14.7 Å². The minimum atomic E-state index is -0.790. The van der Waals surface area contributed by atoms with Crippen LogP contribution in [-0.2, 0) is 4.79 Å². The number of aliphatic hydroxyl groups is 1. The number of rotatable bonds is 6. The molecule has 1 aliphatic carbocycles. The van der Waals surface area contributed by atoms with E-state index >= 15 is 0 Å². The fourth-order valence-electron chi connectivity index (χ4n) is 4.24. The Labute approximate surface area is 207 Å². The van der Waals surface area contributed by atoms with Gasteiger partial charge in [0.2, 0.25) is 0 Å². The van der Waals surface area contributed by atoms with Gasteiger partial charge in [-0.15, -0.1) is 0 Å². The molecule has 2 heterocycles. The highest BCUT2D eigenvalue weighted by atomic mass is 35.5. The molecule has 0 spiro atoms. The summed E-state index contributed by atoms with van der Waals surface area (Å²) >= 11 is 6.17. The van der Waals surface area contributed by atoms with Gasteiger partial charge < -0.3 is 20.2 Å². The van der Waals surface area contributed by atoms with Crippen molar-refractivity contribution in [2.24, 2.45) is 5.92 Å². The Morgan fingerprint density at radius 3 is 2.80 bits per heavy atom. The lowest BCUT2D eigenvalue weighted by Crippen LogP contribution is -2.28. The van der Waals surface area contributed by atoms with Gasteiger partial charge in [0.15, 0.2) is 0 Å². The van der Waals surface area contributed by atoms with Crippen molar-refractivity contribution >= 4 is 29.5 Å². The van der Waals surface area contributed by atoms with Gasteiger partial charge in [0, 0.05) is 39.9 Å². The maximum Gasteiger partial charge on any atom is 0.252 e. The van der Waals surface area contributed by atoms with Crippen molar-refractivity contribution < 1.29 is 19.1 Å². The zero-order valence-corrected chi connectivity index (χ0v) is 19.5. The van der Waals surface area contributed by atoms with E-state index in [1.54, 1.807) is 42.5 Å². The van der Waals surface area contributed by atoms with E-state index in [0.29, 0.717) is 34.1 Å². The number of hydrogen-bond donors (Lipinski definition) is 3. The van der Waals surface area contributed by atoms with E-state index in [1.807, 2.05) is 42.5 Å². The second-order valence-electron chi connectivity index (χ2n) is 8.47. The van der Waals surface area contributed by atoms with Crippen molar-refractivity contribution in [3.8, 4) is 11.3 Å². The summed E-state index contributed by atoms with van der Waals surface area (Å²) in [5.41, 5.74) is 3.37. The van der Waals surface area contributed by atoms with Crippen LogP contribution in [0.2, 0.25) is 0 Å². The number of nitrogens with one attached hydrogen (secondary N) is 2. The minimum Gasteiger partial charge on any atom is -0.457 e. The summed E-state index contributed by atoms with van der Waals surface area (Å²) < 4.78 is 5.98. The fourth-order valence-corrected chi connectivity index (χ4v) is 4.46. The summed E-state index contributed by atoms with van der Waals surface area (Å²) in [6.07, 6.45) is 5.15. The number of fused-ring (bicyclic) bond motifs is 1. The predicted octanol–water partition coefficient (Wildman–Crippen LogP) is 4.95. The quantitative estimate of drug-likeness (QED) is 0.430. The number of furan rings is 1. The van der Waals surface area contributed by atoms with Gasteiger partial charge in [-0.05, 0) is 54.5 Å². The fraction of sp³-hybridized carbons (Fsp3) is 0.143. The number of carbonyl (C=O) groups is 2. The molecule has 0 bridgehead atoms. The van der Waals surface area contributed by atoms with Crippen molar-refractivity contribution in [2.45, 2.75) is 12.5 Å². The first-order valence-corrected chi connectivity index (χ1v) is 11.7. The van der Waals surface area contributed by atoms with E-state index in [4.69, 9.17) is 16.0 Å². The van der Waals surface area contributed by atoms with Gasteiger partial charge >= 0.3 is 0 Å². The third-order valence-corrected chi connectivity index (χ3v) is 6.37. The lowest BCUT2D eigenvalue weighted by Gasteiger charge is -2.14. The molecule has 1 saturated heterocycles. The van der Waals surface area contributed by atoms with Crippen LogP contribution in [0.25, 0.3) is 17.4 Å². The Morgan fingerprint density at radius 1 is 1.14 bits per heavy atom. The number of carbonyl (C=O) groups excluding carboxylic acids is 2. The molecule has 2 amide bonds. The van der Waals surface area contributed by atoms with Crippen LogP contribution in [0, 0.1) is 5.92 Å². The maximum atomic E-state index is 12.7. The molecule has 7 heteroatoms. The minimum absolute atomic E-state index is 0.102. The number of hydrogen-bond acceptors (Lipinski definition) is 4. The lowest BCUT2D eigenvalue weighted by atomic mass is 9.92. The number of aliphatic hydroxyl groups excluding tert-OH is 1. The van der Waals surface area contributed by atoms with E-state index in [-0.39, 0.29) is 24.3 Å². The molecule has 6 nitrogen and oxygen atoms in total.